The Balaban J connectivity index is 2.11. The number of nitrogens with zero attached hydrogens (tertiary/aromatic N) is 2. The predicted molar refractivity (Wildman–Crippen MR) is 161 cm³/mol. The fraction of sp³-hybridized carbons (Fsp3) is 0.310. The normalized spacial score (nSPS) is 12.9. The van der Waals surface area contributed by atoms with E-state index in [0.29, 0.717) is 12.0 Å². The molecule has 0 heterocycles. The molecule has 0 radical (unpaired) electrons. The molecule has 0 aliphatic heterocycles. The maximum absolute atomic E-state index is 14.1. The zero-order chi connectivity index (χ0) is 30.3. The van der Waals surface area contributed by atoms with E-state index in [4.69, 9.17) is 34.8 Å². The van der Waals surface area contributed by atoms with Crippen LogP contribution < -0.4 is 9.62 Å². The van der Waals surface area contributed by atoms with Crippen LogP contribution in [0.5, 0.6) is 0 Å². The minimum Gasteiger partial charge on any atom is -0.352 e. The number of nitrogens with one attached hydrogen (secondary N) is 1. The highest BCUT2D eigenvalue weighted by Gasteiger charge is 2.34. The molecule has 0 aliphatic rings. The van der Waals surface area contributed by atoms with Crippen molar-refractivity contribution >= 4 is 62.3 Å². The first-order valence-corrected chi connectivity index (χ1v) is 15.5. The molecule has 2 atom stereocenters. The first-order chi connectivity index (χ1) is 19.4. The van der Waals surface area contributed by atoms with Gasteiger partial charge in [0, 0.05) is 28.2 Å². The van der Waals surface area contributed by atoms with Crippen LogP contribution in [0.4, 0.5) is 10.1 Å². The molecule has 0 aromatic heterocycles. The van der Waals surface area contributed by atoms with Gasteiger partial charge < -0.3 is 10.2 Å². The molecule has 41 heavy (non-hydrogen) atoms. The zero-order valence-corrected chi connectivity index (χ0v) is 25.9. The molecule has 2 unspecified atom stereocenters. The quantitative estimate of drug-likeness (QED) is 0.238. The van der Waals surface area contributed by atoms with Gasteiger partial charge in [0.15, 0.2) is 0 Å². The Bertz CT molecular complexity index is 1470. The summed E-state index contributed by atoms with van der Waals surface area (Å²) in [4.78, 5) is 28.6. The lowest BCUT2D eigenvalue weighted by Crippen LogP contribution is -2.53. The van der Waals surface area contributed by atoms with Gasteiger partial charge in [0.25, 0.3) is 10.0 Å². The second kappa shape index (κ2) is 14.4. The fourth-order valence-corrected chi connectivity index (χ4v) is 6.22. The highest BCUT2D eigenvalue weighted by atomic mass is 35.5. The van der Waals surface area contributed by atoms with Crippen molar-refractivity contribution in [3.63, 3.8) is 0 Å². The molecule has 220 valence electrons. The smallest absolute Gasteiger partial charge is 0.264 e. The number of carbonyl (C=O) groups is 2. The Morgan fingerprint density at radius 2 is 1.54 bits per heavy atom. The first kappa shape index (κ1) is 32.7. The lowest BCUT2D eigenvalue weighted by atomic mass is 10.1. The number of carbonyl (C=O) groups excluding carboxylic acids is 2. The second-order valence-electron chi connectivity index (χ2n) is 9.39. The number of hydrogen-bond donors (Lipinski definition) is 1. The molecule has 3 rings (SSSR count). The average molecular weight is 643 g/mol. The summed E-state index contributed by atoms with van der Waals surface area (Å²) in [5.41, 5.74) is 0.378. The Morgan fingerprint density at radius 3 is 2.10 bits per heavy atom. The standard InChI is InChI=1S/C29H31Cl3FN3O4S/c1-4-19(3)34-29(38)27(5-2)35(17-22-23(30)12-9-13-24(22)31)28(37)18-36(20-14-15-26(33)25(32)16-20)41(39,40)21-10-7-6-8-11-21/h6-16,19,27H,4-5,17-18H2,1-3H3,(H,34,38). The molecule has 0 fully saturated rings. The average Bonchev–Trinajstić information content (AvgIpc) is 2.94. The summed E-state index contributed by atoms with van der Waals surface area (Å²) in [6, 6.07) is 14.6. The fourth-order valence-electron chi connectivity index (χ4n) is 4.10. The Labute approximate surface area is 255 Å². The van der Waals surface area contributed by atoms with Crippen molar-refractivity contribution in [1.29, 1.82) is 0 Å². The van der Waals surface area contributed by atoms with E-state index in [2.05, 4.69) is 5.32 Å². The molecule has 0 aliphatic carbocycles. The SMILES string of the molecule is CCC(C)NC(=O)C(CC)N(Cc1c(Cl)cccc1Cl)C(=O)CN(c1ccc(F)c(Cl)c1)S(=O)(=O)c1ccccc1. The lowest BCUT2D eigenvalue weighted by molar-refractivity contribution is -0.140. The van der Waals surface area contributed by atoms with Crippen molar-refractivity contribution in [2.24, 2.45) is 0 Å². The summed E-state index contributed by atoms with van der Waals surface area (Å²) >= 11 is 18.8. The van der Waals surface area contributed by atoms with Crippen molar-refractivity contribution in [3.05, 3.63) is 93.2 Å². The van der Waals surface area contributed by atoms with Gasteiger partial charge >= 0.3 is 0 Å². The van der Waals surface area contributed by atoms with Crippen LogP contribution in [0.2, 0.25) is 15.1 Å². The van der Waals surface area contributed by atoms with Crippen LogP contribution in [0.1, 0.15) is 39.2 Å². The minimum absolute atomic E-state index is 0.0264. The van der Waals surface area contributed by atoms with E-state index in [1.165, 1.54) is 23.1 Å². The summed E-state index contributed by atoms with van der Waals surface area (Å²) < 4.78 is 42.5. The summed E-state index contributed by atoms with van der Waals surface area (Å²) in [6.45, 7) is 4.63. The highest BCUT2D eigenvalue weighted by molar-refractivity contribution is 7.92. The van der Waals surface area contributed by atoms with Gasteiger partial charge in [-0.1, -0.05) is 72.9 Å². The number of halogens is 4. The molecular weight excluding hydrogens is 612 g/mol. The highest BCUT2D eigenvalue weighted by Crippen LogP contribution is 2.30. The van der Waals surface area contributed by atoms with E-state index in [-0.39, 0.29) is 44.7 Å². The molecular formula is C29H31Cl3FN3O4S. The molecule has 2 amide bonds. The number of benzene rings is 3. The van der Waals surface area contributed by atoms with Crippen LogP contribution in [0.15, 0.2) is 71.6 Å². The van der Waals surface area contributed by atoms with Crippen LogP contribution >= 0.6 is 34.8 Å². The third-order valence-electron chi connectivity index (χ3n) is 6.58. The number of rotatable bonds is 12. The van der Waals surface area contributed by atoms with Gasteiger partial charge in [0.2, 0.25) is 11.8 Å². The van der Waals surface area contributed by atoms with E-state index in [9.17, 15) is 22.4 Å². The minimum atomic E-state index is -4.33. The van der Waals surface area contributed by atoms with Crippen molar-refractivity contribution in [2.45, 2.75) is 57.1 Å². The van der Waals surface area contributed by atoms with E-state index in [1.54, 1.807) is 43.3 Å². The van der Waals surface area contributed by atoms with Gasteiger partial charge in [-0.3, -0.25) is 13.9 Å². The Hall–Kier alpha value is -2.85. The molecule has 0 spiro atoms. The van der Waals surface area contributed by atoms with Crippen LogP contribution in [0.3, 0.4) is 0 Å². The van der Waals surface area contributed by atoms with Gasteiger partial charge in [-0.15, -0.1) is 0 Å². The van der Waals surface area contributed by atoms with E-state index >= 15 is 0 Å². The third-order valence-corrected chi connectivity index (χ3v) is 9.36. The Kier molecular flexibility index (Phi) is 11.4. The van der Waals surface area contributed by atoms with Crippen molar-refractivity contribution in [2.75, 3.05) is 10.8 Å². The maximum atomic E-state index is 14.1. The molecule has 0 saturated carbocycles. The number of anilines is 1. The first-order valence-electron chi connectivity index (χ1n) is 13.0. The summed E-state index contributed by atoms with van der Waals surface area (Å²) in [5, 5.41) is 3.15. The van der Waals surface area contributed by atoms with Crippen molar-refractivity contribution in [3.8, 4) is 0 Å². The van der Waals surface area contributed by atoms with Crippen LogP contribution in [0.25, 0.3) is 0 Å². The van der Waals surface area contributed by atoms with Crippen LogP contribution in [-0.4, -0.2) is 43.8 Å². The largest absolute Gasteiger partial charge is 0.352 e. The van der Waals surface area contributed by atoms with E-state index < -0.39 is 40.2 Å². The number of sulfonamides is 1. The topological polar surface area (TPSA) is 86.8 Å². The summed E-state index contributed by atoms with van der Waals surface area (Å²) in [7, 11) is -4.33. The van der Waals surface area contributed by atoms with Crippen molar-refractivity contribution < 1.29 is 22.4 Å². The van der Waals surface area contributed by atoms with Crippen LogP contribution in [0, 0.1) is 5.82 Å². The summed E-state index contributed by atoms with van der Waals surface area (Å²) in [6.07, 6.45) is 0.894. The zero-order valence-electron chi connectivity index (χ0n) is 22.8. The van der Waals surface area contributed by atoms with Gasteiger partial charge in [-0.05, 0) is 62.2 Å². The van der Waals surface area contributed by atoms with E-state index in [1.807, 2.05) is 13.8 Å². The van der Waals surface area contributed by atoms with Crippen LogP contribution in [-0.2, 0) is 26.2 Å². The van der Waals surface area contributed by atoms with Gasteiger partial charge in [0.1, 0.15) is 18.4 Å². The molecule has 0 saturated heterocycles. The van der Waals surface area contributed by atoms with Gasteiger partial charge in [-0.25, -0.2) is 12.8 Å². The molecule has 0 bridgehead atoms. The molecule has 1 N–H and O–H groups in total. The lowest BCUT2D eigenvalue weighted by Gasteiger charge is -2.34. The van der Waals surface area contributed by atoms with Gasteiger partial charge in [0.05, 0.1) is 15.6 Å². The summed E-state index contributed by atoms with van der Waals surface area (Å²) in [5.74, 6) is -1.85. The molecule has 3 aromatic carbocycles. The molecule has 12 heteroatoms. The van der Waals surface area contributed by atoms with Crippen molar-refractivity contribution in [1.82, 2.24) is 10.2 Å². The number of hydrogen-bond acceptors (Lipinski definition) is 4. The monoisotopic (exact) mass is 641 g/mol. The predicted octanol–water partition coefficient (Wildman–Crippen LogP) is 6.70. The molecule has 3 aromatic rings. The van der Waals surface area contributed by atoms with E-state index in [0.717, 1.165) is 16.4 Å². The Morgan fingerprint density at radius 1 is 0.902 bits per heavy atom. The maximum Gasteiger partial charge on any atom is 0.264 e. The van der Waals surface area contributed by atoms with Gasteiger partial charge in [-0.2, -0.15) is 0 Å². The third kappa shape index (κ3) is 7.92. The molecule has 7 nitrogen and oxygen atoms in total. The number of amides is 2. The second-order valence-corrected chi connectivity index (χ2v) is 12.5.